The highest BCUT2D eigenvalue weighted by molar-refractivity contribution is 9.10. The minimum absolute atomic E-state index is 0.105. The number of halogens is 1. The molecule has 0 saturated carbocycles. The van der Waals surface area contributed by atoms with Gasteiger partial charge in [0.15, 0.2) is 0 Å². The van der Waals surface area contributed by atoms with Gasteiger partial charge in [0.2, 0.25) is 5.91 Å². The van der Waals surface area contributed by atoms with Crippen LogP contribution < -0.4 is 4.90 Å². The molecule has 3 rings (SSSR count). The van der Waals surface area contributed by atoms with Gasteiger partial charge in [-0.3, -0.25) is 9.69 Å². The van der Waals surface area contributed by atoms with Crippen LogP contribution in [0, 0.1) is 6.92 Å². The van der Waals surface area contributed by atoms with E-state index < -0.39 is 0 Å². The maximum absolute atomic E-state index is 12.8. The van der Waals surface area contributed by atoms with Crippen LogP contribution in [0.1, 0.15) is 18.1 Å². The van der Waals surface area contributed by atoms with Gasteiger partial charge < -0.3 is 4.90 Å². The van der Waals surface area contributed by atoms with E-state index in [-0.39, 0.29) is 11.9 Å². The third-order valence-electron chi connectivity index (χ3n) is 4.55. The van der Waals surface area contributed by atoms with Crippen LogP contribution in [0.5, 0.6) is 0 Å². The molecule has 0 spiro atoms. The fourth-order valence-corrected chi connectivity index (χ4v) is 3.28. The number of aryl methyl sites for hydroxylation is 1. The summed E-state index contributed by atoms with van der Waals surface area (Å²) in [6.45, 7) is 6.58. The average Bonchev–Trinajstić information content (AvgIpc) is 2.55. The minimum atomic E-state index is -0.105. The molecular formula is C19H21BrN2O. The van der Waals surface area contributed by atoms with Gasteiger partial charge >= 0.3 is 0 Å². The highest BCUT2D eigenvalue weighted by atomic mass is 79.9. The Morgan fingerprint density at radius 3 is 2.48 bits per heavy atom. The topological polar surface area (TPSA) is 23.6 Å². The fraction of sp³-hybridized carbons (Fsp3) is 0.316. The van der Waals surface area contributed by atoms with E-state index in [2.05, 4.69) is 52.0 Å². The quantitative estimate of drug-likeness (QED) is 0.812. The first-order valence-corrected chi connectivity index (χ1v) is 8.71. The van der Waals surface area contributed by atoms with Crippen LogP contribution in [-0.4, -0.2) is 29.9 Å². The molecule has 1 heterocycles. The molecule has 1 aliphatic heterocycles. The van der Waals surface area contributed by atoms with Gasteiger partial charge in [0.1, 0.15) is 0 Å². The smallest absolute Gasteiger partial charge is 0.244 e. The summed E-state index contributed by atoms with van der Waals surface area (Å²) in [6, 6.07) is 16.2. The molecule has 4 heteroatoms. The van der Waals surface area contributed by atoms with Crippen molar-refractivity contribution in [2.75, 3.05) is 18.0 Å². The van der Waals surface area contributed by atoms with Crippen LogP contribution >= 0.6 is 15.9 Å². The van der Waals surface area contributed by atoms with Gasteiger partial charge in [-0.15, -0.1) is 0 Å². The molecule has 0 radical (unpaired) electrons. The van der Waals surface area contributed by atoms with Crippen molar-refractivity contribution in [3.8, 4) is 0 Å². The molecule has 0 aromatic heterocycles. The number of benzene rings is 2. The molecular weight excluding hydrogens is 352 g/mol. The van der Waals surface area contributed by atoms with E-state index in [1.54, 1.807) is 0 Å². The van der Waals surface area contributed by atoms with Crippen LogP contribution in [0.2, 0.25) is 0 Å². The molecule has 2 aromatic rings. The summed E-state index contributed by atoms with van der Waals surface area (Å²) < 4.78 is 1.03. The Morgan fingerprint density at radius 1 is 1.09 bits per heavy atom. The summed E-state index contributed by atoms with van der Waals surface area (Å²) in [5.74, 6) is 0.173. The highest BCUT2D eigenvalue weighted by Crippen LogP contribution is 2.24. The van der Waals surface area contributed by atoms with E-state index in [0.717, 1.165) is 29.8 Å². The summed E-state index contributed by atoms with van der Waals surface area (Å²) in [5, 5.41) is 0. The molecule has 0 unspecified atom stereocenters. The number of piperazine rings is 1. The molecule has 120 valence electrons. The lowest BCUT2D eigenvalue weighted by atomic mass is 10.1. The van der Waals surface area contributed by atoms with Crippen molar-refractivity contribution in [3.05, 3.63) is 64.1 Å². The van der Waals surface area contributed by atoms with E-state index >= 15 is 0 Å². The maximum Gasteiger partial charge on any atom is 0.244 e. The Hall–Kier alpha value is -1.65. The summed E-state index contributed by atoms with van der Waals surface area (Å²) in [5.41, 5.74) is 3.55. The number of rotatable bonds is 3. The Morgan fingerprint density at radius 2 is 1.78 bits per heavy atom. The largest absolute Gasteiger partial charge is 0.310 e. The molecule has 1 aliphatic rings. The third kappa shape index (κ3) is 3.48. The third-order valence-corrected chi connectivity index (χ3v) is 5.08. The van der Waals surface area contributed by atoms with Crippen LogP contribution in [0.4, 0.5) is 5.69 Å². The first kappa shape index (κ1) is 16.2. The SMILES string of the molecule is Cc1ccccc1CN1CCN(c2ccc(Br)cc2)C(=O)[C@H]1C. The summed E-state index contributed by atoms with van der Waals surface area (Å²) >= 11 is 3.44. The zero-order valence-corrected chi connectivity index (χ0v) is 15.1. The molecule has 2 aromatic carbocycles. The van der Waals surface area contributed by atoms with Gasteiger partial charge in [0.25, 0.3) is 0 Å². The van der Waals surface area contributed by atoms with Gasteiger partial charge in [-0.2, -0.15) is 0 Å². The van der Waals surface area contributed by atoms with Crippen LogP contribution in [0.3, 0.4) is 0 Å². The standard InChI is InChI=1S/C19H21BrN2O/c1-14-5-3-4-6-16(14)13-21-11-12-22(19(23)15(21)2)18-9-7-17(20)8-10-18/h3-10,15H,11-13H2,1-2H3/t15-/m1/s1. The fourth-order valence-electron chi connectivity index (χ4n) is 3.01. The number of anilines is 1. The maximum atomic E-state index is 12.8. The molecule has 1 amide bonds. The first-order chi connectivity index (χ1) is 11.1. The average molecular weight is 373 g/mol. The van der Waals surface area contributed by atoms with Crippen molar-refractivity contribution in [2.24, 2.45) is 0 Å². The van der Waals surface area contributed by atoms with E-state index in [0.29, 0.717) is 0 Å². The van der Waals surface area contributed by atoms with Gasteiger partial charge in [0.05, 0.1) is 6.04 Å². The van der Waals surface area contributed by atoms with Crippen molar-refractivity contribution in [1.82, 2.24) is 4.90 Å². The molecule has 0 N–H and O–H groups in total. The lowest BCUT2D eigenvalue weighted by molar-refractivity contribution is -0.125. The monoisotopic (exact) mass is 372 g/mol. The predicted octanol–water partition coefficient (Wildman–Crippen LogP) is 3.99. The zero-order chi connectivity index (χ0) is 16.4. The first-order valence-electron chi connectivity index (χ1n) is 7.92. The Bertz CT molecular complexity index is 699. The Balaban J connectivity index is 1.73. The highest BCUT2D eigenvalue weighted by Gasteiger charge is 2.32. The Labute approximate surface area is 146 Å². The number of hydrogen-bond donors (Lipinski definition) is 0. The Kier molecular flexibility index (Phi) is 4.83. The van der Waals surface area contributed by atoms with E-state index in [9.17, 15) is 4.79 Å². The van der Waals surface area contributed by atoms with Crippen LogP contribution in [0.25, 0.3) is 0 Å². The lowest BCUT2D eigenvalue weighted by Crippen LogP contribution is -2.55. The second kappa shape index (κ2) is 6.85. The number of carbonyl (C=O) groups is 1. The van der Waals surface area contributed by atoms with Gasteiger partial charge in [-0.1, -0.05) is 40.2 Å². The minimum Gasteiger partial charge on any atom is -0.310 e. The lowest BCUT2D eigenvalue weighted by Gasteiger charge is -2.39. The molecule has 0 aliphatic carbocycles. The molecule has 23 heavy (non-hydrogen) atoms. The summed E-state index contributed by atoms with van der Waals surface area (Å²) in [6.07, 6.45) is 0. The number of hydrogen-bond acceptors (Lipinski definition) is 2. The zero-order valence-electron chi connectivity index (χ0n) is 13.5. The number of amides is 1. The van der Waals surface area contributed by atoms with Gasteiger partial charge in [-0.25, -0.2) is 0 Å². The van der Waals surface area contributed by atoms with E-state index in [1.165, 1.54) is 11.1 Å². The number of carbonyl (C=O) groups excluding carboxylic acids is 1. The van der Waals surface area contributed by atoms with Crippen LogP contribution in [-0.2, 0) is 11.3 Å². The van der Waals surface area contributed by atoms with Crippen LogP contribution in [0.15, 0.2) is 53.0 Å². The van der Waals surface area contributed by atoms with Gasteiger partial charge in [-0.05, 0) is 49.2 Å². The summed E-state index contributed by atoms with van der Waals surface area (Å²) in [7, 11) is 0. The van der Waals surface area contributed by atoms with Crippen molar-refractivity contribution < 1.29 is 4.79 Å². The molecule has 1 atom stereocenters. The molecule has 1 saturated heterocycles. The normalized spacial score (nSPS) is 19.2. The number of nitrogens with zero attached hydrogens (tertiary/aromatic N) is 2. The molecule has 0 bridgehead atoms. The van der Waals surface area contributed by atoms with Crippen molar-refractivity contribution in [1.29, 1.82) is 0 Å². The van der Waals surface area contributed by atoms with E-state index in [1.807, 2.05) is 36.1 Å². The summed E-state index contributed by atoms with van der Waals surface area (Å²) in [4.78, 5) is 16.9. The van der Waals surface area contributed by atoms with Crippen molar-refractivity contribution >= 4 is 27.5 Å². The van der Waals surface area contributed by atoms with E-state index in [4.69, 9.17) is 0 Å². The molecule has 1 fully saturated rings. The van der Waals surface area contributed by atoms with Crippen molar-refractivity contribution in [3.63, 3.8) is 0 Å². The predicted molar refractivity (Wildman–Crippen MR) is 97.5 cm³/mol. The second-order valence-electron chi connectivity index (χ2n) is 6.04. The van der Waals surface area contributed by atoms with Gasteiger partial charge in [0, 0.05) is 29.8 Å². The second-order valence-corrected chi connectivity index (χ2v) is 6.95. The van der Waals surface area contributed by atoms with Crippen molar-refractivity contribution in [2.45, 2.75) is 26.4 Å². The molecule has 3 nitrogen and oxygen atoms in total.